The molecule has 2 fully saturated rings. The molecule has 172 valence electrons. The van der Waals surface area contributed by atoms with E-state index in [9.17, 15) is 0 Å². The molecule has 0 spiro atoms. The number of likely N-dealkylation sites (N-methyl/N-ethyl adjacent to an activating group) is 1. The van der Waals surface area contributed by atoms with Crippen LogP contribution in [0.4, 0.5) is 5.82 Å². The third-order valence-corrected chi connectivity index (χ3v) is 6.66. The number of halogens is 2. The summed E-state index contributed by atoms with van der Waals surface area (Å²) in [5.74, 6) is 2.53. The molecule has 0 radical (unpaired) electrons. The normalized spacial score (nSPS) is 19.5. The van der Waals surface area contributed by atoms with E-state index in [1.54, 1.807) is 0 Å². The highest BCUT2D eigenvalue weighted by Gasteiger charge is 2.27. The van der Waals surface area contributed by atoms with Crippen molar-refractivity contribution in [3.05, 3.63) is 35.1 Å². The maximum atomic E-state index is 6.59. The Morgan fingerprint density at radius 3 is 2.56 bits per heavy atom. The fourth-order valence-electron chi connectivity index (χ4n) is 4.60. The highest BCUT2D eigenvalue weighted by molar-refractivity contribution is 6.33. The number of anilines is 1. The van der Waals surface area contributed by atoms with Crippen LogP contribution in [0.1, 0.15) is 25.6 Å². The van der Waals surface area contributed by atoms with Gasteiger partial charge in [-0.25, -0.2) is 15.0 Å². The lowest BCUT2D eigenvalue weighted by Gasteiger charge is -2.34. The van der Waals surface area contributed by atoms with E-state index in [2.05, 4.69) is 21.3 Å². The average molecular weight is 477 g/mol. The SMILES string of the molecule is CCN1CCN(c2nc(C)nc3c2nc(-c2ccccc2Cl)n3CC2CCCO2)CC1.Cl. The van der Waals surface area contributed by atoms with Crippen LogP contribution in [0.3, 0.4) is 0 Å². The van der Waals surface area contributed by atoms with Crippen molar-refractivity contribution in [1.29, 1.82) is 0 Å². The van der Waals surface area contributed by atoms with Crippen molar-refractivity contribution in [3.8, 4) is 11.4 Å². The van der Waals surface area contributed by atoms with Gasteiger partial charge in [-0.15, -0.1) is 12.4 Å². The number of piperazine rings is 1. The Hall–Kier alpha value is -1.93. The van der Waals surface area contributed by atoms with E-state index >= 15 is 0 Å². The number of nitrogens with zero attached hydrogens (tertiary/aromatic N) is 6. The van der Waals surface area contributed by atoms with Gasteiger partial charge in [0.1, 0.15) is 11.6 Å². The molecule has 1 aromatic carbocycles. The van der Waals surface area contributed by atoms with Gasteiger partial charge in [-0.3, -0.25) is 0 Å². The Kier molecular flexibility index (Phi) is 7.20. The summed E-state index contributed by atoms with van der Waals surface area (Å²) in [6.07, 6.45) is 2.32. The Morgan fingerprint density at radius 1 is 1.09 bits per heavy atom. The van der Waals surface area contributed by atoms with Crippen LogP contribution in [-0.2, 0) is 11.3 Å². The van der Waals surface area contributed by atoms with Crippen LogP contribution in [0.2, 0.25) is 5.02 Å². The van der Waals surface area contributed by atoms with Crippen LogP contribution in [0.25, 0.3) is 22.6 Å². The molecule has 2 aliphatic rings. The topological polar surface area (TPSA) is 59.3 Å². The summed E-state index contributed by atoms with van der Waals surface area (Å²) in [6.45, 7) is 10.8. The lowest BCUT2D eigenvalue weighted by Crippen LogP contribution is -2.46. The largest absolute Gasteiger partial charge is 0.376 e. The molecular weight excluding hydrogens is 447 g/mol. The molecule has 7 nitrogen and oxygen atoms in total. The molecule has 0 aliphatic carbocycles. The second-order valence-electron chi connectivity index (χ2n) is 8.35. The van der Waals surface area contributed by atoms with Crippen LogP contribution in [0, 0.1) is 6.92 Å². The number of ether oxygens (including phenoxy) is 1. The van der Waals surface area contributed by atoms with Gasteiger partial charge in [-0.05, 0) is 38.4 Å². The predicted molar refractivity (Wildman–Crippen MR) is 131 cm³/mol. The Balaban J connectivity index is 0.00000245. The van der Waals surface area contributed by atoms with Crippen molar-refractivity contribution in [2.24, 2.45) is 0 Å². The number of hydrogen-bond donors (Lipinski definition) is 0. The van der Waals surface area contributed by atoms with Gasteiger partial charge < -0.3 is 19.1 Å². The Morgan fingerprint density at radius 2 is 1.88 bits per heavy atom. The molecule has 5 rings (SSSR count). The zero-order chi connectivity index (χ0) is 21.4. The third-order valence-electron chi connectivity index (χ3n) is 6.33. The van der Waals surface area contributed by atoms with Gasteiger partial charge >= 0.3 is 0 Å². The molecule has 32 heavy (non-hydrogen) atoms. The summed E-state index contributed by atoms with van der Waals surface area (Å²) < 4.78 is 8.14. The summed E-state index contributed by atoms with van der Waals surface area (Å²) in [4.78, 5) is 19.6. The second kappa shape index (κ2) is 9.91. The van der Waals surface area contributed by atoms with Crippen LogP contribution < -0.4 is 4.90 Å². The molecule has 1 atom stereocenters. The van der Waals surface area contributed by atoms with E-state index in [1.807, 2.05) is 31.2 Å². The lowest BCUT2D eigenvalue weighted by molar-refractivity contribution is 0.0981. The zero-order valence-electron chi connectivity index (χ0n) is 18.6. The Bertz CT molecular complexity index is 1070. The predicted octanol–water partition coefficient (Wildman–Crippen LogP) is 4.20. The molecule has 2 saturated heterocycles. The molecule has 0 bridgehead atoms. The summed E-state index contributed by atoms with van der Waals surface area (Å²) in [5.41, 5.74) is 2.63. The third kappa shape index (κ3) is 4.44. The fraction of sp³-hybridized carbons (Fsp3) is 0.522. The minimum Gasteiger partial charge on any atom is -0.376 e. The molecule has 3 aromatic rings. The molecule has 0 N–H and O–H groups in total. The summed E-state index contributed by atoms with van der Waals surface area (Å²) in [5, 5.41) is 0.689. The van der Waals surface area contributed by atoms with Crippen molar-refractivity contribution in [3.63, 3.8) is 0 Å². The molecule has 2 aliphatic heterocycles. The molecule has 2 aromatic heterocycles. The molecular formula is C23H30Cl2N6O. The van der Waals surface area contributed by atoms with E-state index in [4.69, 9.17) is 31.3 Å². The van der Waals surface area contributed by atoms with Gasteiger partial charge in [-0.2, -0.15) is 0 Å². The number of aryl methyl sites for hydroxylation is 1. The number of fused-ring (bicyclic) bond motifs is 1. The van der Waals surface area contributed by atoms with Crippen LogP contribution in [0.5, 0.6) is 0 Å². The first-order chi connectivity index (χ1) is 15.1. The fourth-order valence-corrected chi connectivity index (χ4v) is 4.82. The standard InChI is InChI=1S/C23H29ClN6O.ClH/c1-3-28-10-12-29(13-11-28)22-20-23(26-16(2)25-22)30(15-17-7-6-14-31-17)21(27-20)18-8-4-5-9-19(18)24;/h4-5,8-9,17H,3,6-7,10-15H2,1-2H3;1H. The number of rotatable bonds is 5. The first-order valence-electron chi connectivity index (χ1n) is 11.2. The van der Waals surface area contributed by atoms with Crippen molar-refractivity contribution in [1.82, 2.24) is 24.4 Å². The van der Waals surface area contributed by atoms with Gasteiger partial charge in [0.05, 0.1) is 17.7 Å². The number of imidazole rings is 1. The average Bonchev–Trinajstić information content (AvgIpc) is 3.42. The quantitative estimate of drug-likeness (QED) is 0.549. The first-order valence-corrected chi connectivity index (χ1v) is 11.6. The number of benzene rings is 1. The van der Waals surface area contributed by atoms with Crippen LogP contribution >= 0.6 is 24.0 Å². The first kappa shape index (κ1) is 23.2. The second-order valence-corrected chi connectivity index (χ2v) is 8.76. The minimum absolute atomic E-state index is 0. The molecule has 0 saturated carbocycles. The summed E-state index contributed by atoms with van der Waals surface area (Å²) in [7, 11) is 0. The molecule has 9 heteroatoms. The highest BCUT2D eigenvalue weighted by atomic mass is 35.5. The van der Waals surface area contributed by atoms with Crippen molar-refractivity contribution >= 4 is 41.0 Å². The van der Waals surface area contributed by atoms with Crippen molar-refractivity contribution < 1.29 is 4.74 Å². The summed E-state index contributed by atoms with van der Waals surface area (Å²) >= 11 is 6.59. The van der Waals surface area contributed by atoms with E-state index in [0.29, 0.717) is 5.02 Å². The maximum Gasteiger partial charge on any atom is 0.166 e. The number of aromatic nitrogens is 4. The van der Waals surface area contributed by atoms with Gasteiger partial charge in [0.2, 0.25) is 0 Å². The van der Waals surface area contributed by atoms with Gasteiger partial charge in [0.25, 0.3) is 0 Å². The Labute approximate surface area is 200 Å². The van der Waals surface area contributed by atoms with Crippen LogP contribution in [0.15, 0.2) is 24.3 Å². The highest BCUT2D eigenvalue weighted by Crippen LogP contribution is 2.34. The van der Waals surface area contributed by atoms with E-state index < -0.39 is 0 Å². The maximum absolute atomic E-state index is 6.59. The summed E-state index contributed by atoms with van der Waals surface area (Å²) in [6, 6.07) is 7.88. The van der Waals surface area contributed by atoms with E-state index in [0.717, 1.165) is 92.9 Å². The molecule has 4 heterocycles. The van der Waals surface area contributed by atoms with Crippen LogP contribution in [-0.4, -0.2) is 69.9 Å². The smallest absolute Gasteiger partial charge is 0.166 e. The molecule has 0 amide bonds. The van der Waals surface area contributed by atoms with Crippen molar-refractivity contribution in [2.45, 2.75) is 39.3 Å². The molecule has 1 unspecified atom stereocenters. The van der Waals surface area contributed by atoms with Gasteiger partial charge in [0.15, 0.2) is 17.0 Å². The number of hydrogen-bond acceptors (Lipinski definition) is 6. The van der Waals surface area contributed by atoms with Gasteiger partial charge in [-0.1, -0.05) is 30.7 Å². The lowest BCUT2D eigenvalue weighted by atomic mass is 10.2. The monoisotopic (exact) mass is 476 g/mol. The zero-order valence-corrected chi connectivity index (χ0v) is 20.2. The van der Waals surface area contributed by atoms with Crippen molar-refractivity contribution in [2.75, 3.05) is 44.2 Å². The minimum atomic E-state index is 0. The van der Waals surface area contributed by atoms with E-state index in [1.165, 1.54) is 0 Å². The van der Waals surface area contributed by atoms with E-state index in [-0.39, 0.29) is 18.5 Å². The van der Waals surface area contributed by atoms with Gasteiger partial charge in [0, 0.05) is 38.3 Å².